The zero-order valence-corrected chi connectivity index (χ0v) is 10.4. The molecule has 100 valence electrons. The predicted octanol–water partition coefficient (Wildman–Crippen LogP) is 0.618. The van der Waals surface area contributed by atoms with E-state index in [1.807, 2.05) is 6.07 Å². The normalized spacial score (nSPS) is 10.6. The predicted molar refractivity (Wildman–Crippen MR) is 74.5 cm³/mol. The van der Waals surface area contributed by atoms with Gasteiger partial charge in [-0.1, -0.05) is 0 Å². The monoisotopic (exact) mass is 269 g/mol. The number of aromatic amines is 2. The minimum Gasteiger partial charge on any atom is -0.379 e. The summed E-state index contributed by atoms with van der Waals surface area (Å²) in [6.07, 6.45) is 4.91. The van der Waals surface area contributed by atoms with E-state index in [0.29, 0.717) is 17.6 Å². The molecule has 20 heavy (non-hydrogen) atoms. The summed E-state index contributed by atoms with van der Waals surface area (Å²) in [5.74, 6) is 0. The summed E-state index contributed by atoms with van der Waals surface area (Å²) in [6.45, 7) is 0.521. The largest absolute Gasteiger partial charge is 0.379 e. The standard InChI is InChI=1S/C13H11N5O2/c19-12-13(20)18-11-5-8(1-2-10(11)17-12)16-7-9-6-14-3-4-15-9/h1-6,16H,7H2,(H,17,19)(H,18,20). The van der Waals surface area contributed by atoms with Gasteiger partial charge in [0.15, 0.2) is 0 Å². The van der Waals surface area contributed by atoms with Gasteiger partial charge in [-0.2, -0.15) is 0 Å². The Hall–Kier alpha value is -2.96. The van der Waals surface area contributed by atoms with Crippen LogP contribution in [0.25, 0.3) is 11.0 Å². The minimum absolute atomic E-state index is 0.521. The first kappa shape index (κ1) is 12.1. The molecule has 7 heteroatoms. The molecule has 2 heterocycles. The van der Waals surface area contributed by atoms with Crippen molar-refractivity contribution < 1.29 is 0 Å². The summed E-state index contributed by atoms with van der Waals surface area (Å²) in [7, 11) is 0. The number of rotatable bonds is 3. The maximum absolute atomic E-state index is 11.3. The van der Waals surface area contributed by atoms with Crippen molar-refractivity contribution >= 4 is 16.7 Å². The number of anilines is 1. The molecular weight excluding hydrogens is 258 g/mol. The molecule has 3 rings (SSSR count). The summed E-state index contributed by atoms with van der Waals surface area (Å²) in [6, 6.07) is 5.29. The average molecular weight is 269 g/mol. The van der Waals surface area contributed by atoms with Crippen LogP contribution < -0.4 is 16.4 Å². The van der Waals surface area contributed by atoms with Crippen molar-refractivity contribution in [3.63, 3.8) is 0 Å². The van der Waals surface area contributed by atoms with Crippen molar-refractivity contribution in [1.82, 2.24) is 19.9 Å². The van der Waals surface area contributed by atoms with E-state index in [4.69, 9.17) is 0 Å². The quantitative estimate of drug-likeness (QED) is 0.605. The molecule has 0 saturated heterocycles. The van der Waals surface area contributed by atoms with E-state index in [2.05, 4.69) is 25.3 Å². The number of hydrogen-bond donors (Lipinski definition) is 3. The van der Waals surface area contributed by atoms with Crippen LogP contribution in [0.4, 0.5) is 5.69 Å². The molecule has 0 spiro atoms. The fourth-order valence-corrected chi connectivity index (χ4v) is 1.84. The van der Waals surface area contributed by atoms with Crippen molar-refractivity contribution in [3.05, 3.63) is 63.2 Å². The Morgan fingerprint density at radius 3 is 2.60 bits per heavy atom. The highest BCUT2D eigenvalue weighted by molar-refractivity contribution is 5.78. The third-order valence-electron chi connectivity index (χ3n) is 2.81. The van der Waals surface area contributed by atoms with Crippen LogP contribution in [0.15, 0.2) is 46.4 Å². The van der Waals surface area contributed by atoms with E-state index in [1.54, 1.807) is 30.7 Å². The van der Waals surface area contributed by atoms with Crippen molar-refractivity contribution in [2.24, 2.45) is 0 Å². The fraction of sp³-hybridized carbons (Fsp3) is 0.0769. The molecule has 0 radical (unpaired) electrons. The molecule has 0 amide bonds. The van der Waals surface area contributed by atoms with Gasteiger partial charge in [0.1, 0.15) is 0 Å². The van der Waals surface area contributed by atoms with Crippen molar-refractivity contribution in [1.29, 1.82) is 0 Å². The second-order valence-corrected chi connectivity index (χ2v) is 4.22. The van der Waals surface area contributed by atoms with Crippen LogP contribution in [0.3, 0.4) is 0 Å². The van der Waals surface area contributed by atoms with Gasteiger partial charge < -0.3 is 15.3 Å². The molecule has 0 fully saturated rings. The van der Waals surface area contributed by atoms with Gasteiger partial charge >= 0.3 is 11.1 Å². The second kappa shape index (κ2) is 4.96. The Labute approximate surface area is 112 Å². The number of aromatic nitrogens is 4. The summed E-state index contributed by atoms with van der Waals surface area (Å²) < 4.78 is 0. The maximum Gasteiger partial charge on any atom is 0.314 e. The van der Waals surface area contributed by atoms with Crippen LogP contribution in [-0.2, 0) is 6.54 Å². The second-order valence-electron chi connectivity index (χ2n) is 4.22. The lowest BCUT2D eigenvalue weighted by molar-refractivity contribution is 1.01. The molecule has 0 aliphatic carbocycles. The zero-order chi connectivity index (χ0) is 13.9. The average Bonchev–Trinajstić information content (AvgIpc) is 2.47. The smallest absolute Gasteiger partial charge is 0.314 e. The minimum atomic E-state index is -0.663. The Kier molecular flexibility index (Phi) is 3.00. The third kappa shape index (κ3) is 2.41. The molecule has 3 aromatic rings. The fourth-order valence-electron chi connectivity index (χ4n) is 1.84. The molecular formula is C13H11N5O2. The van der Waals surface area contributed by atoms with E-state index in [9.17, 15) is 9.59 Å². The van der Waals surface area contributed by atoms with E-state index in [1.165, 1.54) is 0 Å². The highest BCUT2D eigenvalue weighted by Gasteiger charge is 2.01. The summed E-state index contributed by atoms with van der Waals surface area (Å²) in [5, 5.41) is 3.17. The SMILES string of the molecule is O=c1[nH]c2ccc(NCc3cnccn3)cc2[nH]c1=O. The van der Waals surface area contributed by atoms with Crippen LogP contribution in [0.1, 0.15) is 5.69 Å². The summed E-state index contributed by atoms with van der Waals surface area (Å²) >= 11 is 0. The first-order valence-electron chi connectivity index (χ1n) is 5.97. The lowest BCUT2D eigenvalue weighted by Gasteiger charge is -2.06. The Morgan fingerprint density at radius 1 is 1.05 bits per heavy atom. The highest BCUT2D eigenvalue weighted by Crippen LogP contribution is 2.14. The molecule has 0 atom stereocenters. The molecule has 0 bridgehead atoms. The first-order chi connectivity index (χ1) is 9.72. The molecule has 1 aromatic carbocycles. The molecule has 7 nitrogen and oxygen atoms in total. The van der Waals surface area contributed by atoms with Crippen LogP contribution in [-0.4, -0.2) is 19.9 Å². The maximum atomic E-state index is 11.3. The molecule has 0 unspecified atom stereocenters. The number of nitrogens with zero attached hydrogens (tertiary/aromatic N) is 2. The topological polar surface area (TPSA) is 104 Å². The lowest BCUT2D eigenvalue weighted by atomic mass is 10.2. The van der Waals surface area contributed by atoms with Gasteiger partial charge in [0.05, 0.1) is 29.5 Å². The lowest BCUT2D eigenvalue weighted by Crippen LogP contribution is -2.28. The summed E-state index contributed by atoms with van der Waals surface area (Å²) in [4.78, 5) is 35.7. The molecule has 0 aliphatic rings. The van der Waals surface area contributed by atoms with Crippen LogP contribution in [0.2, 0.25) is 0 Å². The van der Waals surface area contributed by atoms with Gasteiger partial charge in [-0.15, -0.1) is 0 Å². The zero-order valence-electron chi connectivity index (χ0n) is 10.4. The van der Waals surface area contributed by atoms with E-state index >= 15 is 0 Å². The third-order valence-corrected chi connectivity index (χ3v) is 2.81. The van der Waals surface area contributed by atoms with Gasteiger partial charge in [-0.05, 0) is 18.2 Å². The van der Waals surface area contributed by atoms with Crippen LogP contribution in [0.5, 0.6) is 0 Å². The van der Waals surface area contributed by atoms with Crippen molar-refractivity contribution in [3.8, 4) is 0 Å². The molecule has 0 aliphatic heterocycles. The van der Waals surface area contributed by atoms with Crippen LogP contribution >= 0.6 is 0 Å². The molecule has 2 aromatic heterocycles. The number of nitrogens with one attached hydrogen (secondary N) is 3. The number of fused-ring (bicyclic) bond motifs is 1. The van der Waals surface area contributed by atoms with Gasteiger partial charge in [0, 0.05) is 18.1 Å². The van der Waals surface area contributed by atoms with Crippen molar-refractivity contribution in [2.45, 2.75) is 6.54 Å². The van der Waals surface area contributed by atoms with Gasteiger partial charge in [-0.3, -0.25) is 19.6 Å². The Balaban J connectivity index is 1.88. The molecule has 0 saturated carbocycles. The van der Waals surface area contributed by atoms with Crippen LogP contribution in [0, 0.1) is 0 Å². The van der Waals surface area contributed by atoms with Crippen molar-refractivity contribution in [2.75, 3.05) is 5.32 Å². The van der Waals surface area contributed by atoms with Gasteiger partial charge in [0.25, 0.3) is 0 Å². The molecule has 3 N–H and O–H groups in total. The van der Waals surface area contributed by atoms with Gasteiger partial charge in [0.2, 0.25) is 0 Å². The summed E-state index contributed by atoms with van der Waals surface area (Å²) in [5.41, 5.74) is 1.45. The highest BCUT2D eigenvalue weighted by atomic mass is 16.2. The first-order valence-corrected chi connectivity index (χ1v) is 5.97. The Bertz CT molecular complexity index is 854. The van der Waals surface area contributed by atoms with E-state index in [0.717, 1.165) is 11.4 Å². The number of H-pyrrole nitrogens is 2. The van der Waals surface area contributed by atoms with Gasteiger partial charge in [-0.25, -0.2) is 0 Å². The number of benzene rings is 1. The van der Waals surface area contributed by atoms with E-state index < -0.39 is 11.1 Å². The Morgan fingerprint density at radius 2 is 1.85 bits per heavy atom. The number of hydrogen-bond acceptors (Lipinski definition) is 5. The van der Waals surface area contributed by atoms with E-state index in [-0.39, 0.29) is 0 Å².